The summed E-state index contributed by atoms with van der Waals surface area (Å²) in [6.45, 7) is 0.811. The number of pyridine rings is 1. The molecule has 1 atom stereocenters. The van der Waals surface area contributed by atoms with Crippen LogP contribution in [0.15, 0.2) is 151 Å². The molecular weight excluding hydrogens is 526 g/mol. The van der Waals surface area contributed by atoms with E-state index in [-0.39, 0.29) is 11.7 Å². The lowest BCUT2D eigenvalue weighted by Crippen LogP contribution is -2.33. The fraction of sp³-hybridized carbons (Fsp3) is 0.143. The van der Waals surface area contributed by atoms with Crippen LogP contribution in [0.3, 0.4) is 0 Å². The van der Waals surface area contributed by atoms with E-state index >= 15 is 0 Å². The number of fused-ring (bicyclic) bond motifs is 1. The van der Waals surface area contributed by atoms with Crippen molar-refractivity contribution in [3.8, 4) is 0 Å². The summed E-state index contributed by atoms with van der Waals surface area (Å²) in [5, 5.41) is 4.73. The first-order valence-electron chi connectivity index (χ1n) is 13.7. The number of nitrogens with zero attached hydrogens (tertiary/aromatic N) is 3. The first-order valence-corrected chi connectivity index (χ1v) is 14.7. The van der Waals surface area contributed by atoms with Crippen molar-refractivity contribution >= 4 is 17.4 Å². The van der Waals surface area contributed by atoms with Gasteiger partial charge in [-0.3, -0.25) is 4.40 Å². The molecule has 41 heavy (non-hydrogen) atoms. The van der Waals surface area contributed by atoms with Gasteiger partial charge in [0, 0.05) is 11.9 Å². The third-order valence-electron chi connectivity index (χ3n) is 7.25. The van der Waals surface area contributed by atoms with Crippen molar-refractivity contribution in [2.24, 2.45) is 0 Å². The Morgan fingerprint density at radius 1 is 0.683 bits per heavy atom. The van der Waals surface area contributed by atoms with Crippen molar-refractivity contribution in [1.29, 1.82) is 0 Å². The molecule has 6 heteroatoms. The highest BCUT2D eigenvalue weighted by Crippen LogP contribution is 2.49. The maximum Gasteiger partial charge on any atom is 0.350 e. The molecule has 0 aliphatic carbocycles. The van der Waals surface area contributed by atoms with Crippen LogP contribution in [0.4, 0.5) is 0 Å². The quantitative estimate of drug-likeness (QED) is 0.161. The van der Waals surface area contributed by atoms with Crippen molar-refractivity contribution in [3.05, 3.63) is 178 Å². The second-order valence-electron chi connectivity index (χ2n) is 9.90. The molecule has 6 rings (SSSR count). The van der Waals surface area contributed by atoms with Gasteiger partial charge in [-0.15, -0.1) is 16.9 Å². The molecule has 0 saturated carbocycles. The third-order valence-corrected chi connectivity index (χ3v) is 8.94. The van der Waals surface area contributed by atoms with Crippen LogP contribution in [-0.2, 0) is 16.1 Å². The molecule has 0 saturated heterocycles. The Morgan fingerprint density at radius 3 is 1.73 bits per heavy atom. The maximum absolute atomic E-state index is 13.5. The molecule has 204 valence electrons. The molecule has 0 N–H and O–H groups in total. The zero-order valence-electron chi connectivity index (χ0n) is 22.6. The van der Waals surface area contributed by atoms with Crippen LogP contribution in [0.1, 0.15) is 28.3 Å². The first-order chi connectivity index (χ1) is 20.3. The molecule has 0 amide bonds. The van der Waals surface area contributed by atoms with Gasteiger partial charge in [-0.05, 0) is 34.4 Å². The van der Waals surface area contributed by atoms with Crippen LogP contribution in [0, 0.1) is 0 Å². The van der Waals surface area contributed by atoms with Gasteiger partial charge in [0.2, 0.25) is 0 Å². The first kappa shape index (κ1) is 26.8. The average molecular weight is 558 g/mol. The summed E-state index contributed by atoms with van der Waals surface area (Å²) in [6, 6.07) is 47.2. The molecule has 0 spiro atoms. The van der Waals surface area contributed by atoms with Crippen LogP contribution in [-0.4, -0.2) is 26.5 Å². The Morgan fingerprint density at radius 2 is 1.20 bits per heavy atom. The molecule has 5 nitrogen and oxygen atoms in total. The van der Waals surface area contributed by atoms with E-state index in [1.54, 1.807) is 15.3 Å². The Kier molecular flexibility index (Phi) is 8.12. The van der Waals surface area contributed by atoms with Crippen LogP contribution in [0.2, 0.25) is 0 Å². The lowest BCUT2D eigenvalue weighted by molar-refractivity contribution is 0.0917. The molecule has 0 radical (unpaired) electrons. The van der Waals surface area contributed by atoms with E-state index in [1.165, 1.54) is 16.7 Å². The van der Waals surface area contributed by atoms with E-state index in [0.717, 1.165) is 5.56 Å². The zero-order valence-corrected chi connectivity index (χ0v) is 23.4. The van der Waals surface area contributed by atoms with Crippen molar-refractivity contribution < 1.29 is 4.74 Å². The van der Waals surface area contributed by atoms with Gasteiger partial charge in [-0.2, -0.15) is 0 Å². The van der Waals surface area contributed by atoms with Gasteiger partial charge in [0.05, 0.1) is 24.0 Å². The monoisotopic (exact) mass is 557 g/mol. The summed E-state index contributed by atoms with van der Waals surface area (Å²) < 4.78 is 8.92. The summed E-state index contributed by atoms with van der Waals surface area (Å²) in [5.41, 5.74) is 5.07. The smallest absolute Gasteiger partial charge is 0.350 e. The average Bonchev–Trinajstić information content (AvgIpc) is 3.38. The maximum atomic E-state index is 13.5. The molecule has 2 heterocycles. The lowest BCUT2D eigenvalue weighted by Gasteiger charge is -2.36. The number of benzene rings is 4. The largest absolute Gasteiger partial charge is 0.375 e. The highest BCUT2D eigenvalue weighted by Gasteiger charge is 2.38. The molecule has 0 aliphatic heterocycles. The van der Waals surface area contributed by atoms with Gasteiger partial charge < -0.3 is 4.74 Å². The Labute approximate surface area is 244 Å². The van der Waals surface area contributed by atoms with Gasteiger partial charge >= 0.3 is 5.69 Å². The lowest BCUT2D eigenvalue weighted by atomic mass is 9.84. The van der Waals surface area contributed by atoms with Crippen LogP contribution >= 0.6 is 11.8 Å². The number of hydrogen-bond acceptors (Lipinski definition) is 4. The Bertz CT molecular complexity index is 1640. The van der Waals surface area contributed by atoms with Crippen molar-refractivity contribution in [3.63, 3.8) is 0 Å². The highest BCUT2D eigenvalue weighted by atomic mass is 32.2. The number of rotatable bonds is 11. The standard InChI is InChI=1S/C35H31N3O2S/c39-34-37-24-14-13-23-33(37)36-38(34)32(26-40-25-28-15-5-1-6-16-28)27-41-35(29-17-7-2-8-18-29,30-19-9-3-10-20-30)31-21-11-4-12-22-31/h1-24,32H,25-27H2. The molecule has 1 unspecified atom stereocenters. The summed E-state index contributed by atoms with van der Waals surface area (Å²) in [4.78, 5) is 13.5. The van der Waals surface area contributed by atoms with Crippen molar-refractivity contribution in [2.75, 3.05) is 12.4 Å². The minimum Gasteiger partial charge on any atom is -0.375 e. The van der Waals surface area contributed by atoms with Crippen LogP contribution < -0.4 is 5.69 Å². The second-order valence-corrected chi connectivity index (χ2v) is 11.1. The number of ether oxygens (including phenoxy) is 1. The topological polar surface area (TPSA) is 48.5 Å². The fourth-order valence-corrected chi connectivity index (χ4v) is 6.83. The van der Waals surface area contributed by atoms with E-state index in [4.69, 9.17) is 9.84 Å². The molecule has 2 aromatic heterocycles. The van der Waals surface area contributed by atoms with E-state index < -0.39 is 4.75 Å². The minimum atomic E-state index is -0.510. The molecule has 6 aromatic rings. The predicted octanol–water partition coefficient (Wildman–Crippen LogP) is 6.98. The Hall–Kier alpha value is -4.39. The summed E-state index contributed by atoms with van der Waals surface area (Å²) in [7, 11) is 0. The molecule has 0 aliphatic rings. The molecular formula is C35H31N3O2S. The summed E-state index contributed by atoms with van der Waals surface area (Å²) >= 11 is 1.81. The van der Waals surface area contributed by atoms with Gasteiger partial charge in [-0.25, -0.2) is 9.48 Å². The summed E-state index contributed by atoms with van der Waals surface area (Å²) in [6.07, 6.45) is 1.76. The van der Waals surface area contributed by atoms with Gasteiger partial charge in [0.15, 0.2) is 5.65 Å². The fourth-order valence-electron chi connectivity index (χ4n) is 5.24. The van der Waals surface area contributed by atoms with E-state index in [0.29, 0.717) is 24.6 Å². The number of aromatic nitrogens is 3. The molecule has 0 fully saturated rings. The zero-order chi connectivity index (χ0) is 27.9. The number of thioether (sulfide) groups is 1. The van der Waals surface area contributed by atoms with Crippen molar-refractivity contribution in [1.82, 2.24) is 14.2 Å². The summed E-state index contributed by atoms with van der Waals surface area (Å²) in [5.74, 6) is 0.595. The van der Waals surface area contributed by atoms with E-state index in [2.05, 4.69) is 72.8 Å². The van der Waals surface area contributed by atoms with Crippen LogP contribution in [0.25, 0.3) is 5.65 Å². The second kappa shape index (κ2) is 12.4. The Balaban J connectivity index is 1.41. The normalized spacial score (nSPS) is 12.4. The number of hydrogen-bond donors (Lipinski definition) is 0. The SMILES string of the molecule is O=c1n(C(COCc2ccccc2)CSC(c2ccccc2)(c2ccccc2)c2ccccc2)nc2ccccn12. The minimum absolute atomic E-state index is 0.167. The van der Waals surface area contributed by atoms with E-state index in [1.807, 2.05) is 78.5 Å². The molecule has 4 aromatic carbocycles. The van der Waals surface area contributed by atoms with Crippen molar-refractivity contribution in [2.45, 2.75) is 17.4 Å². The van der Waals surface area contributed by atoms with Gasteiger partial charge in [-0.1, -0.05) is 127 Å². The van der Waals surface area contributed by atoms with Gasteiger partial charge in [0.25, 0.3) is 0 Å². The van der Waals surface area contributed by atoms with E-state index in [9.17, 15) is 4.79 Å². The highest BCUT2D eigenvalue weighted by molar-refractivity contribution is 8.00. The predicted molar refractivity (Wildman–Crippen MR) is 166 cm³/mol. The molecule has 0 bridgehead atoms. The third kappa shape index (κ3) is 5.62. The van der Waals surface area contributed by atoms with Gasteiger partial charge in [0.1, 0.15) is 0 Å². The van der Waals surface area contributed by atoms with Crippen LogP contribution in [0.5, 0.6) is 0 Å².